The minimum absolute atomic E-state index is 0.0177. The molecule has 3 aromatic heterocycles. The number of amides is 2. The zero-order chi connectivity index (χ0) is 29.3. The standard InChI is InChI=1S/C33H33N7O3/c1-32(9-10-32)28-17-26(40(39-28)22-5-6-22)31(42)37-25(30(41)38-33(18-34)11-12-33)16-29-36-23-7-4-20(15-27(23)43-29)21-8-13-35-24(14-21)19-2-3-19/h4,7-8,13-15,17,19,22,25H,2-3,5-6,9-12,16H2,1H3,(H,37,42)(H,38,41)/t25-/m0/s1. The molecule has 3 heterocycles. The van der Waals surface area contributed by atoms with Crippen molar-refractivity contribution in [3.8, 4) is 17.2 Å². The number of nitrogens with one attached hydrogen (secondary N) is 2. The van der Waals surface area contributed by atoms with Gasteiger partial charge in [0.25, 0.3) is 5.91 Å². The molecule has 0 saturated heterocycles. The van der Waals surface area contributed by atoms with E-state index in [2.05, 4.69) is 39.7 Å². The third kappa shape index (κ3) is 5.07. The molecule has 0 radical (unpaired) electrons. The number of fused-ring (bicyclic) bond motifs is 1. The summed E-state index contributed by atoms with van der Waals surface area (Å²) in [4.78, 5) is 36.4. The van der Waals surface area contributed by atoms with E-state index < -0.39 is 17.5 Å². The lowest BCUT2D eigenvalue weighted by Gasteiger charge is -2.19. The third-order valence-corrected chi connectivity index (χ3v) is 9.35. The van der Waals surface area contributed by atoms with Crippen LogP contribution in [0.1, 0.15) is 98.0 Å². The molecule has 0 bridgehead atoms. The highest BCUT2D eigenvalue weighted by Gasteiger charge is 2.46. The van der Waals surface area contributed by atoms with Crippen LogP contribution in [0.25, 0.3) is 22.2 Å². The SMILES string of the molecule is CC1(c2cc(C(=O)N[C@@H](Cc3nc4ccc(-c5ccnc(C6CC6)c5)cc4o3)C(=O)NC3(C#N)CC3)n(C3CC3)n2)CC1. The molecule has 4 aromatic rings. The summed E-state index contributed by atoms with van der Waals surface area (Å²) >= 11 is 0. The van der Waals surface area contributed by atoms with Crippen molar-refractivity contribution >= 4 is 22.9 Å². The zero-order valence-corrected chi connectivity index (χ0v) is 24.1. The number of aromatic nitrogens is 4. The van der Waals surface area contributed by atoms with Crippen molar-refractivity contribution in [1.82, 2.24) is 30.4 Å². The van der Waals surface area contributed by atoms with Crippen molar-refractivity contribution in [2.75, 3.05) is 0 Å². The molecule has 10 nitrogen and oxygen atoms in total. The summed E-state index contributed by atoms with van der Waals surface area (Å²) in [5.41, 5.74) is 5.01. The molecule has 4 saturated carbocycles. The molecule has 2 amide bonds. The largest absolute Gasteiger partial charge is 0.441 e. The van der Waals surface area contributed by atoms with Gasteiger partial charge in [0.1, 0.15) is 22.8 Å². The Hall–Kier alpha value is -4.52. The van der Waals surface area contributed by atoms with E-state index in [9.17, 15) is 14.9 Å². The average molecular weight is 576 g/mol. The summed E-state index contributed by atoms with van der Waals surface area (Å²) in [5, 5.41) is 20.2. The first kappa shape index (κ1) is 26.1. The van der Waals surface area contributed by atoms with Crippen LogP contribution in [-0.4, -0.2) is 43.1 Å². The van der Waals surface area contributed by atoms with Crippen LogP contribution in [-0.2, 0) is 16.6 Å². The van der Waals surface area contributed by atoms with Gasteiger partial charge in [-0.15, -0.1) is 0 Å². The highest BCUT2D eigenvalue weighted by Crippen LogP contribution is 2.48. The maximum Gasteiger partial charge on any atom is 0.270 e. The molecule has 4 aliphatic carbocycles. The van der Waals surface area contributed by atoms with Crippen molar-refractivity contribution in [3.05, 3.63) is 65.6 Å². The molecular formula is C33H33N7O3. The molecule has 1 atom stereocenters. The van der Waals surface area contributed by atoms with Crippen molar-refractivity contribution in [2.24, 2.45) is 0 Å². The quantitative estimate of drug-likeness (QED) is 0.275. The monoisotopic (exact) mass is 575 g/mol. The molecule has 10 heteroatoms. The number of rotatable bonds is 10. The first-order chi connectivity index (χ1) is 20.8. The van der Waals surface area contributed by atoms with Crippen LogP contribution >= 0.6 is 0 Å². The lowest BCUT2D eigenvalue weighted by molar-refractivity contribution is -0.123. The molecule has 0 aliphatic heterocycles. The van der Waals surface area contributed by atoms with Crippen LogP contribution in [0.4, 0.5) is 0 Å². The van der Waals surface area contributed by atoms with Crippen LogP contribution in [0.2, 0.25) is 0 Å². The second-order valence-electron chi connectivity index (χ2n) is 13.1. The van der Waals surface area contributed by atoms with E-state index in [0.717, 1.165) is 48.2 Å². The maximum atomic E-state index is 13.7. The van der Waals surface area contributed by atoms with Gasteiger partial charge in [0.05, 0.1) is 24.2 Å². The molecule has 218 valence electrons. The molecular weight excluding hydrogens is 542 g/mol. The molecule has 4 aliphatic rings. The first-order valence-corrected chi connectivity index (χ1v) is 15.3. The van der Waals surface area contributed by atoms with Gasteiger partial charge in [-0.25, -0.2) is 4.98 Å². The molecule has 2 N–H and O–H groups in total. The number of hydrogen-bond acceptors (Lipinski definition) is 7. The van der Waals surface area contributed by atoms with Crippen molar-refractivity contribution < 1.29 is 14.0 Å². The molecule has 43 heavy (non-hydrogen) atoms. The Morgan fingerprint density at radius 2 is 1.88 bits per heavy atom. The summed E-state index contributed by atoms with van der Waals surface area (Å²) < 4.78 is 7.98. The van der Waals surface area contributed by atoms with E-state index in [4.69, 9.17) is 9.52 Å². The van der Waals surface area contributed by atoms with E-state index in [1.54, 1.807) is 0 Å². The maximum absolute atomic E-state index is 13.7. The number of nitriles is 1. The van der Waals surface area contributed by atoms with Gasteiger partial charge in [-0.2, -0.15) is 10.4 Å². The Bertz CT molecular complexity index is 1820. The summed E-state index contributed by atoms with van der Waals surface area (Å²) in [6, 6.07) is 13.3. The van der Waals surface area contributed by atoms with Gasteiger partial charge in [0.2, 0.25) is 5.91 Å². The number of nitrogens with zero attached hydrogens (tertiary/aromatic N) is 5. The number of benzene rings is 1. The van der Waals surface area contributed by atoms with Crippen LogP contribution in [0.15, 0.2) is 47.0 Å². The first-order valence-electron chi connectivity index (χ1n) is 15.3. The fraction of sp³-hybridized carbons (Fsp3) is 0.455. The predicted octanol–water partition coefficient (Wildman–Crippen LogP) is 4.86. The van der Waals surface area contributed by atoms with E-state index in [-0.39, 0.29) is 23.8 Å². The second kappa shape index (κ2) is 9.49. The number of hydrogen-bond donors (Lipinski definition) is 2. The van der Waals surface area contributed by atoms with Gasteiger partial charge < -0.3 is 15.1 Å². The summed E-state index contributed by atoms with van der Waals surface area (Å²) in [7, 11) is 0. The van der Waals surface area contributed by atoms with Gasteiger partial charge in [-0.3, -0.25) is 19.3 Å². The summed E-state index contributed by atoms with van der Waals surface area (Å²) in [6.45, 7) is 2.17. The molecule has 8 rings (SSSR count). The Balaban J connectivity index is 1.06. The van der Waals surface area contributed by atoms with Crippen molar-refractivity contribution in [3.63, 3.8) is 0 Å². The van der Waals surface area contributed by atoms with Crippen molar-refractivity contribution in [2.45, 2.75) is 93.7 Å². The van der Waals surface area contributed by atoms with Crippen LogP contribution < -0.4 is 10.6 Å². The Morgan fingerprint density at radius 3 is 2.58 bits per heavy atom. The topological polar surface area (TPSA) is 139 Å². The second-order valence-corrected chi connectivity index (χ2v) is 13.1. The third-order valence-electron chi connectivity index (χ3n) is 9.35. The lowest BCUT2D eigenvalue weighted by Crippen LogP contribution is -2.51. The number of pyridine rings is 1. The minimum atomic E-state index is -0.977. The van der Waals surface area contributed by atoms with E-state index in [1.165, 1.54) is 12.8 Å². The molecule has 1 aromatic carbocycles. The van der Waals surface area contributed by atoms with E-state index in [0.29, 0.717) is 41.4 Å². The average Bonchev–Trinajstić information content (AvgIpc) is 3.82. The summed E-state index contributed by atoms with van der Waals surface area (Å²) in [5.74, 6) is 0.108. The molecule has 4 fully saturated rings. The highest BCUT2D eigenvalue weighted by molar-refractivity contribution is 5.97. The van der Waals surface area contributed by atoms with Crippen LogP contribution in [0, 0.1) is 11.3 Å². The molecule has 0 spiro atoms. The normalized spacial score (nSPS) is 20.3. The van der Waals surface area contributed by atoms with E-state index in [1.807, 2.05) is 41.2 Å². The van der Waals surface area contributed by atoms with Gasteiger partial charge in [-0.05, 0) is 92.8 Å². The smallest absolute Gasteiger partial charge is 0.270 e. The van der Waals surface area contributed by atoms with Crippen molar-refractivity contribution in [1.29, 1.82) is 5.26 Å². The fourth-order valence-electron chi connectivity index (χ4n) is 5.70. The summed E-state index contributed by atoms with van der Waals surface area (Å²) in [6.07, 6.45) is 9.53. The number of carbonyl (C=O) groups excluding carboxylic acids is 2. The van der Waals surface area contributed by atoms with Gasteiger partial charge in [0.15, 0.2) is 11.5 Å². The zero-order valence-electron chi connectivity index (χ0n) is 24.1. The minimum Gasteiger partial charge on any atom is -0.441 e. The van der Waals surface area contributed by atoms with E-state index >= 15 is 0 Å². The Morgan fingerprint density at radius 1 is 1.09 bits per heavy atom. The number of oxazole rings is 1. The van der Waals surface area contributed by atoms with Gasteiger partial charge in [-0.1, -0.05) is 13.0 Å². The highest BCUT2D eigenvalue weighted by atomic mass is 16.3. The Labute approximate surface area is 248 Å². The fourth-order valence-corrected chi connectivity index (χ4v) is 5.70. The lowest BCUT2D eigenvalue weighted by atomic mass is 10.0. The van der Waals surface area contributed by atoms with Gasteiger partial charge >= 0.3 is 0 Å². The van der Waals surface area contributed by atoms with Crippen LogP contribution in [0.5, 0.6) is 0 Å². The predicted molar refractivity (Wildman–Crippen MR) is 157 cm³/mol. The number of carbonyl (C=O) groups is 2. The Kier molecular flexibility index (Phi) is 5.77. The van der Waals surface area contributed by atoms with Gasteiger partial charge in [0, 0.05) is 23.2 Å². The molecule has 0 unspecified atom stereocenters. The van der Waals surface area contributed by atoms with Crippen LogP contribution in [0.3, 0.4) is 0 Å².